The van der Waals surface area contributed by atoms with Gasteiger partial charge in [0.15, 0.2) is 5.76 Å². The predicted molar refractivity (Wildman–Crippen MR) is 309 cm³/mol. The van der Waals surface area contributed by atoms with Crippen LogP contribution in [0.4, 0.5) is 0 Å². The smallest absolute Gasteiger partial charge is 0.744 e. The van der Waals surface area contributed by atoms with Crippen molar-refractivity contribution in [2.45, 2.75) is 354 Å². The van der Waals surface area contributed by atoms with Gasteiger partial charge in [0.25, 0.3) is 0 Å². The van der Waals surface area contributed by atoms with Gasteiger partial charge in [-0.2, -0.15) is 0 Å². The maximum absolute atomic E-state index is 15.0. The van der Waals surface area contributed by atoms with Crippen molar-refractivity contribution in [3.8, 4) is 0 Å². The molecule has 0 aromatic rings. The standard InChI is InChI=1S/C63H112O15S.Na/c1-10-16-22-28-34-40-46-52(64)73-58-59(74-53(65)47-41-35-29-23-17-11-2)63(79(70,71)72,78-57(69)51-45-39-33-27-21-15-6)62(9,77-56(68)50-44-38-32-26-20-14-5)61(8,76-55(67)49-43-37-31-25-19-13-4)60(58,7)75-54(66)48-42-36-30-24-18-12-3;/h10-51H2,1-9H3,(H,70,71,72);/q;+1/p-1. The van der Waals surface area contributed by atoms with Crippen LogP contribution in [0.2, 0.25) is 0 Å². The summed E-state index contributed by atoms with van der Waals surface area (Å²) in [5.41, 5.74) is -8.85. The second-order valence-electron chi connectivity index (χ2n) is 22.8. The molecule has 0 aliphatic heterocycles. The van der Waals surface area contributed by atoms with Gasteiger partial charge in [-0.05, 0) is 59.3 Å². The van der Waals surface area contributed by atoms with Gasteiger partial charge in [-0.3, -0.25) is 28.8 Å². The van der Waals surface area contributed by atoms with Crippen molar-refractivity contribution in [1.29, 1.82) is 0 Å². The van der Waals surface area contributed by atoms with E-state index in [1.165, 1.54) is 6.92 Å². The molecular formula is C63H111NaO15S. The first-order valence-electron chi connectivity index (χ1n) is 31.7. The van der Waals surface area contributed by atoms with Gasteiger partial charge >= 0.3 is 70.3 Å². The molecule has 0 heterocycles. The molecule has 0 N–H and O–H groups in total. The molecule has 0 spiro atoms. The predicted octanol–water partition coefficient (Wildman–Crippen LogP) is 13.5. The Kier molecular flexibility index (Phi) is 42.6. The van der Waals surface area contributed by atoms with Crippen LogP contribution in [-0.2, 0) is 67.3 Å². The summed E-state index contributed by atoms with van der Waals surface area (Å²) in [5, 5.41) is 0. The summed E-state index contributed by atoms with van der Waals surface area (Å²) in [7, 11) is -6.41. The Labute approximate surface area is 507 Å². The molecule has 0 aromatic carbocycles. The zero-order valence-electron chi connectivity index (χ0n) is 52.2. The molecule has 0 saturated carbocycles. The van der Waals surface area contributed by atoms with Crippen LogP contribution in [-0.4, -0.2) is 70.5 Å². The number of carbonyl (C=O) groups is 6. The topological polar surface area (TPSA) is 215 Å². The van der Waals surface area contributed by atoms with E-state index in [0.717, 1.165) is 168 Å². The molecule has 0 amide bonds. The first-order chi connectivity index (χ1) is 37.7. The Morgan fingerprint density at radius 2 is 0.550 bits per heavy atom. The average molecular weight is 1160 g/mol. The summed E-state index contributed by atoms with van der Waals surface area (Å²) in [6.45, 7) is 15.8. The van der Waals surface area contributed by atoms with Crippen LogP contribution in [0.15, 0.2) is 11.5 Å². The monoisotopic (exact) mass is 1160 g/mol. The Balaban J connectivity index is 0.0000624. The van der Waals surface area contributed by atoms with E-state index in [-0.39, 0.29) is 80.9 Å². The second kappa shape index (κ2) is 44.0. The first-order valence-corrected chi connectivity index (χ1v) is 33.2. The van der Waals surface area contributed by atoms with Gasteiger partial charge in [-0.15, -0.1) is 0 Å². The van der Waals surface area contributed by atoms with Gasteiger partial charge in [0.1, 0.15) is 10.1 Å². The number of hydrogen-bond donors (Lipinski definition) is 0. The minimum atomic E-state index is -6.41. The molecule has 4 unspecified atom stereocenters. The van der Waals surface area contributed by atoms with Crippen molar-refractivity contribution < 1.29 is 99.7 Å². The number of carbonyl (C=O) groups excluding carboxylic acids is 6. The molecular weight excluding hydrogens is 1050 g/mol. The van der Waals surface area contributed by atoms with E-state index >= 15 is 13.0 Å². The first kappa shape index (κ1) is 77.5. The van der Waals surface area contributed by atoms with Crippen LogP contribution in [0.3, 0.4) is 0 Å². The molecule has 80 heavy (non-hydrogen) atoms. The Bertz CT molecular complexity index is 1910. The largest absolute Gasteiger partial charge is 1.00 e. The van der Waals surface area contributed by atoms with Crippen LogP contribution in [0.5, 0.6) is 0 Å². The average Bonchev–Trinajstić information content (AvgIpc) is 3.39. The minimum Gasteiger partial charge on any atom is -0.744 e. The van der Waals surface area contributed by atoms with Crippen LogP contribution in [0.1, 0.15) is 332 Å². The summed E-state index contributed by atoms with van der Waals surface area (Å²) in [5.74, 6) is -8.59. The van der Waals surface area contributed by atoms with Gasteiger partial charge in [-0.1, -0.05) is 234 Å². The van der Waals surface area contributed by atoms with Crippen molar-refractivity contribution in [2.24, 2.45) is 0 Å². The van der Waals surface area contributed by atoms with E-state index in [4.69, 9.17) is 28.4 Å². The molecule has 0 bridgehead atoms. The maximum atomic E-state index is 15.0. The molecule has 0 radical (unpaired) electrons. The number of ether oxygens (including phenoxy) is 6. The summed E-state index contributed by atoms with van der Waals surface area (Å²) >= 11 is 0. The van der Waals surface area contributed by atoms with Gasteiger partial charge in [0.05, 0.1) is 0 Å². The summed E-state index contributed by atoms with van der Waals surface area (Å²) in [6, 6.07) is 0. The molecule has 0 saturated heterocycles. The fraction of sp³-hybridized carbons (Fsp3) is 0.873. The molecule has 0 fully saturated rings. The fourth-order valence-corrected chi connectivity index (χ4v) is 11.8. The van der Waals surface area contributed by atoms with Crippen LogP contribution in [0, 0.1) is 0 Å². The zero-order chi connectivity index (χ0) is 59.1. The SMILES string of the molecule is CCCCCCCCC(=O)OC1=C(OC(=O)CCCCCCCC)C(OC(=O)CCCCCCCC)(S(=O)(=O)[O-])C(C)(OC(=O)CCCCCCCC)C(C)(OC(=O)CCCCCCCC)C1(C)OC(=O)CCCCCCCC.[Na+]. The van der Waals surface area contributed by atoms with E-state index in [2.05, 4.69) is 41.5 Å². The molecule has 1 aliphatic rings. The summed E-state index contributed by atoms with van der Waals surface area (Å²) in [4.78, 5) is 83.7. The van der Waals surface area contributed by atoms with Gasteiger partial charge in [0, 0.05) is 38.5 Å². The van der Waals surface area contributed by atoms with Crippen LogP contribution < -0.4 is 29.6 Å². The van der Waals surface area contributed by atoms with Gasteiger partial charge in [0.2, 0.25) is 22.6 Å². The van der Waals surface area contributed by atoms with Crippen LogP contribution in [0.25, 0.3) is 0 Å². The third kappa shape index (κ3) is 26.6. The molecule has 1 aliphatic carbocycles. The van der Waals surface area contributed by atoms with Crippen molar-refractivity contribution in [2.75, 3.05) is 0 Å². The zero-order valence-corrected chi connectivity index (χ0v) is 55.0. The van der Waals surface area contributed by atoms with Crippen molar-refractivity contribution in [3.63, 3.8) is 0 Å². The van der Waals surface area contributed by atoms with E-state index in [1.54, 1.807) is 0 Å². The van der Waals surface area contributed by atoms with E-state index in [0.29, 0.717) is 57.8 Å². The van der Waals surface area contributed by atoms with Gasteiger partial charge < -0.3 is 33.0 Å². The number of hydrogen-bond acceptors (Lipinski definition) is 15. The number of esters is 6. The quantitative estimate of drug-likeness (QED) is 0.0182. The summed E-state index contributed by atoms with van der Waals surface area (Å²) in [6.07, 6.45) is 25.6. The Morgan fingerprint density at radius 3 is 0.838 bits per heavy atom. The maximum Gasteiger partial charge on any atom is 1.00 e. The van der Waals surface area contributed by atoms with E-state index < -0.39 is 85.6 Å². The third-order valence-electron chi connectivity index (χ3n) is 15.8. The second-order valence-corrected chi connectivity index (χ2v) is 24.3. The minimum absolute atomic E-state index is 0. The molecule has 460 valence electrons. The molecule has 15 nitrogen and oxygen atoms in total. The molecule has 0 aromatic heterocycles. The van der Waals surface area contributed by atoms with E-state index in [9.17, 15) is 28.8 Å². The third-order valence-corrected chi connectivity index (χ3v) is 17.2. The molecule has 1 rings (SSSR count). The summed E-state index contributed by atoms with van der Waals surface area (Å²) < 4.78 is 83.0. The molecule has 4 atom stereocenters. The Morgan fingerprint density at radius 1 is 0.325 bits per heavy atom. The van der Waals surface area contributed by atoms with Crippen LogP contribution >= 0.6 is 0 Å². The number of unbranched alkanes of at least 4 members (excludes halogenated alkanes) is 30. The van der Waals surface area contributed by atoms with Gasteiger partial charge in [-0.25, -0.2) is 8.42 Å². The normalized spacial score (nSPS) is 19.9. The Hall–Kier alpha value is -2.53. The fourth-order valence-electron chi connectivity index (χ4n) is 10.6. The van der Waals surface area contributed by atoms with Crippen molar-refractivity contribution >= 4 is 45.9 Å². The van der Waals surface area contributed by atoms with Crippen molar-refractivity contribution in [1.82, 2.24) is 0 Å². The van der Waals surface area contributed by atoms with Crippen molar-refractivity contribution in [3.05, 3.63) is 11.5 Å². The number of rotatable bonds is 49. The van der Waals surface area contributed by atoms with E-state index in [1.807, 2.05) is 0 Å². The molecule has 17 heteroatoms.